The maximum absolute atomic E-state index is 8.69. The molecule has 0 aliphatic heterocycles. The average Bonchev–Trinajstić information content (AvgIpc) is 2.45. The van der Waals surface area contributed by atoms with Crippen LogP contribution in [0, 0.1) is 11.3 Å². The monoisotopic (exact) mass is 207 g/mol. The molecule has 0 unspecified atom stereocenters. The number of thiophene rings is 1. The lowest BCUT2D eigenvalue weighted by atomic mass is 10.3. The number of nitrogens with two attached hydrogens (primary N) is 1. The molecule has 4 heteroatoms. The number of hydrogen-bond donors (Lipinski definition) is 2. The van der Waals surface area contributed by atoms with Crippen molar-refractivity contribution < 1.29 is 0 Å². The lowest BCUT2D eigenvalue weighted by Gasteiger charge is -1.97. The number of hydrogen-bond acceptors (Lipinski definition) is 4. The molecular formula is C10H13N3S. The van der Waals surface area contributed by atoms with E-state index in [4.69, 9.17) is 11.0 Å². The first-order valence-corrected chi connectivity index (χ1v) is 5.11. The Hall–Kier alpha value is -1.47. The van der Waals surface area contributed by atoms with Crippen LogP contribution in [0.15, 0.2) is 17.7 Å². The molecule has 1 heterocycles. The summed E-state index contributed by atoms with van der Waals surface area (Å²) < 4.78 is 0. The molecule has 0 radical (unpaired) electrons. The molecule has 3 N–H and O–H groups in total. The Morgan fingerprint density at radius 1 is 1.71 bits per heavy atom. The van der Waals surface area contributed by atoms with E-state index >= 15 is 0 Å². The summed E-state index contributed by atoms with van der Waals surface area (Å²) in [6.45, 7) is 4.86. The molecule has 14 heavy (non-hydrogen) atoms. The van der Waals surface area contributed by atoms with Crippen LogP contribution in [0.2, 0.25) is 0 Å². The predicted octanol–water partition coefficient (Wildman–Crippen LogP) is 2.58. The van der Waals surface area contributed by atoms with Crippen molar-refractivity contribution in [1.29, 1.82) is 5.26 Å². The third-order valence-electron chi connectivity index (χ3n) is 1.65. The lowest BCUT2D eigenvalue weighted by Crippen LogP contribution is -1.95. The molecule has 1 aromatic rings. The summed E-state index contributed by atoms with van der Waals surface area (Å²) in [4.78, 5) is 0.574. The van der Waals surface area contributed by atoms with Crippen molar-refractivity contribution in [2.24, 2.45) is 0 Å². The molecule has 1 aromatic heterocycles. The van der Waals surface area contributed by atoms with Crippen LogP contribution in [0.1, 0.15) is 18.7 Å². The second-order valence-electron chi connectivity index (χ2n) is 3.17. The van der Waals surface area contributed by atoms with Crippen LogP contribution >= 0.6 is 11.3 Å². The largest absolute Gasteiger partial charge is 0.397 e. The Morgan fingerprint density at radius 2 is 2.43 bits per heavy atom. The van der Waals surface area contributed by atoms with E-state index in [0.717, 1.165) is 11.5 Å². The quantitative estimate of drug-likeness (QED) is 0.749. The van der Waals surface area contributed by atoms with Gasteiger partial charge in [0.1, 0.15) is 10.9 Å². The van der Waals surface area contributed by atoms with Gasteiger partial charge in [0.2, 0.25) is 0 Å². The minimum atomic E-state index is 0.553. The van der Waals surface area contributed by atoms with Crippen molar-refractivity contribution in [3.63, 3.8) is 0 Å². The van der Waals surface area contributed by atoms with Crippen LogP contribution in [0.25, 0.3) is 0 Å². The summed E-state index contributed by atoms with van der Waals surface area (Å²) in [6.07, 6.45) is 2.09. The van der Waals surface area contributed by atoms with Crippen LogP contribution in [0.4, 0.5) is 10.7 Å². The number of rotatable bonds is 3. The van der Waals surface area contributed by atoms with Crippen molar-refractivity contribution >= 4 is 22.0 Å². The number of nitrogens with one attached hydrogen (secondary N) is 1. The van der Waals surface area contributed by atoms with Gasteiger partial charge >= 0.3 is 0 Å². The molecule has 0 saturated heterocycles. The van der Waals surface area contributed by atoms with Crippen LogP contribution < -0.4 is 11.1 Å². The minimum absolute atomic E-state index is 0.553. The Bertz CT molecular complexity index is 381. The molecule has 1 rings (SSSR count). The lowest BCUT2D eigenvalue weighted by molar-refractivity contribution is 1.28. The van der Waals surface area contributed by atoms with Crippen LogP contribution in [0.3, 0.4) is 0 Å². The van der Waals surface area contributed by atoms with Gasteiger partial charge in [0, 0.05) is 6.54 Å². The van der Waals surface area contributed by atoms with Gasteiger partial charge in [-0.15, -0.1) is 11.3 Å². The van der Waals surface area contributed by atoms with Crippen LogP contribution in [-0.4, -0.2) is 6.54 Å². The molecule has 0 spiro atoms. The van der Waals surface area contributed by atoms with Crippen molar-refractivity contribution in [3.05, 3.63) is 22.6 Å². The van der Waals surface area contributed by atoms with E-state index in [-0.39, 0.29) is 0 Å². The first-order chi connectivity index (χ1) is 6.63. The van der Waals surface area contributed by atoms with Gasteiger partial charge in [-0.3, -0.25) is 0 Å². The second-order valence-corrected chi connectivity index (χ2v) is 4.22. The first-order valence-electron chi connectivity index (χ1n) is 4.30. The van der Waals surface area contributed by atoms with Crippen molar-refractivity contribution in [2.45, 2.75) is 13.8 Å². The van der Waals surface area contributed by atoms with E-state index < -0.39 is 0 Å². The molecule has 74 valence electrons. The van der Waals surface area contributed by atoms with Crippen molar-refractivity contribution in [2.75, 3.05) is 17.6 Å². The van der Waals surface area contributed by atoms with Gasteiger partial charge in [-0.05, 0) is 19.9 Å². The molecule has 0 bridgehead atoms. The highest BCUT2D eigenvalue weighted by molar-refractivity contribution is 7.17. The summed E-state index contributed by atoms with van der Waals surface area (Å²) in [6, 6.07) is 3.85. The number of nitriles is 1. The third kappa shape index (κ3) is 2.79. The summed E-state index contributed by atoms with van der Waals surface area (Å²) in [5.74, 6) is 0. The predicted molar refractivity (Wildman–Crippen MR) is 61.4 cm³/mol. The second kappa shape index (κ2) is 4.68. The number of nitrogens with zero attached hydrogens (tertiary/aromatic N) is 1. The molecular weight excluding hydrogens is 194 g/mol. The Morgan fingerprint density at radius 3 is 2.93 bits per heavy atom. The zero-order valence-electron chi connectivity index (χ0n) is 8.29. The van der Waals surface area contributed by atoms with Gasteiger partial charge in [0.15, 0.2) is 0 Å². The minimum Gasteiger partial charge on any atom is -0.397 e. The molecule has 0 amide bonds. The van der Waals surface area contributed by atoms with E-state index in [0.29, 0.717) is 10.6 Å². The summed E-state index contributed by atoms with van der Waals surface area (Å²) in [5, 5.41) is 12.8. The van der Waals surface area contributed by atoms with Gasteiger partial charge in [-0.2, -0.15) is 5.26 Å². The number of nitrogen functional groups attached to an aromatic ring is 1. The first kappa shape index (κ1) is 10.6. The fraction of sp³-hybridized carbons (Fsp3) is 0.300. The van der Waals surface area contributed by atoms with E-state index in [1.54, 1.807) is 6.07 Å². The standard InChI is InChI=1S/C10H13N3S/c1-7(2)3-4-13-10-5-8(12)9(6-11)14-10/h3,5,13H,4,12H2,1-2H3. The normalized spacial score (nSPS) is 9.21. The van der Waals surface area contributed by atoms with Gasteiger partial charge in [0.05, 0.1) is 10.7 Å². The van der Waals surface area contributed by atoms with E-state index in [2.05, 4.69) is 17.5 Å². The molecule has 3 nitrogen and oxygen atoms in total. The summed E-state index contributed by atoms with van der Waals surface area (Å²) >= 11 is 1.38. The highest BCUT2D eigenvalue weighted by Crippen LogP contribution is 2.27. The van der Waals surface area contributed by atoms with Gasteiger partial charge < -0.3 is 11.1 Å². The maximum atomic E-state index is 8.69. The molecule has 0 aromatic carbocycles. The fourth-order valence-electron chi connectivity index (χ4n) is 0.935. The van der Waals surface area contributed by atoms with Gasteiger partial charge in [0.25, 0.3) is 0 Å². The smallest absolute Gasteiger partial charge is 0.129 e. The molecule has 0 atom stereocenters. The van der Waals surface area contributed by atoms with E-state index in [1.807, 2.05) is 13.8 Å². The van der Waals surface area contributed by atoms with Gasteiger partial charge in [-0.1, -0.05) is 11.6 Å². The topological polar surface area (TPSA) is 61.8 Å². The SMILES string of the molecule is CC(C)=CCNc1cc(N)c(C#N)s1. The van der Waals surface area contributed by atoms with E-state index in [9.17, 15) is 0 Å². The maximum Gasteiger partial charge on any atom is 0.129 e. The zero-order valence-corrected chi connectivity index (χ0v) is 9.11. The van der Waals surface area contributed by atoms with Crippen molar-refractivity contribution in [1.82, 2.24) is 0 Å². The highest BCUT2D eigenvalue weighted by Gasteiger charge is 2.03. The summed E-state index contributed by atoms with van der Waals surface area (Å²) in [5.41, 5.74) is 7.44. The Kier molecular flexibility index (Phi) is 3.55. The average molecular weight is 207 g/mol. The fourth-order valence-corrected chi connectivity index (χ4v) is 1.72. The summed E-state index contributed by atoms with van der Waals surface area (Å²) in [7, 11) is 0. The number of anilines is 2. The highest BCUT2D eigenvalue weighted by atomic mass is 32.1. The zero-order chi connectivity index (χ0) is 10.6. The van der Waals surface area contributed by atoms with Crippen LogP contribution in [-0.2, 0) is 0 Å². The van der Waals surface area contributed by atoms with E-state index in [1.165, 1.54) is 16.9 Å². The Labute approximate surface area is 87.9 Å². The van der Waals surface area contributed by atoms with Crippen molar-refractivity contribution in [3.8, 4) is 6.07 Å². The number of allylic oxidation sites excluding steroid dienone is 1. The third-order valence-corrected chi connectivity index (χ3v) is 2.66. The molecule has 0 saturated carbocycles. The van der Waals surface area contributed by atoms with Gasteiger partial charge in [-0.25, -0.2) is 0 Å². The molecule has 0 aliphatic rings. The van der Waals surface area contributed by atoms with Crippen LogP contribution in [0.5, 0.6) is 0 Å². The molecule has 0 fully saturated rings. The Balaban J connectivity index is 2.61. The molecule has 0 aliphatic carbocycles.